The van der Waals surface area contributed by atoms with Crippen molar-refractivity contribution in [3.05, 3.63) is 89.7 Å². The van der Waals surface area contributed by atoms with Crippen LogP contribution < -0.4 is 9.04 Å². The minimum atomic E-state index is -4.09. The number of aromatic amines is 1. The molecule has 0 bridgehead atoms. The Morgan fingerprint density at radius 2 is 1.88 bits per heavy atom. The lowest BCUT2D eigenvalue weighted by molar-refractivity contribution is 0.0473. The van der Waals surface area contributed by atoms with Gasteiger partial charge in [0.05, 0.1) is 40.5 Å². The monoisotopic (exact) mass is 488 g/mol. The third kappa shape index (κ3) is 5.44. The lowest BCUT2D eigenvalue weighted by atomic mass is 10.2. The summed E-state index contributed by atoms with van der Waals surface area (Å²) >= 11 is 6.12. The third-order valence-corrected chi connectivity index (χ3v) is 6.75. The molecule has 3 rings (SSSR count). The first-order chi connectivity index (χ1) is 15.8. The molecule has 1 heterocycles. The molecule has 10 heteroatoms. The van der Waals surface area contributed by atoms with E-state index >= 15 is 0 Å². The first-order valence-electron chi connectivity index (χ1n) is 9.69. The number of sulfonamides is 1. The molecule has 0 aliphatic carbocycles. The van der Waals surface area contributed by atoms with Gasteiger partial charge in [-0.25, -0.2) is 13.2 Å². The maximum atomic E-state index is 13.4. The number of benzene rings is 2. The van der Waals surface area contributed by atoms with Crippen molar-refractivity contribution >= 4 is 39.1 Å². The van der Waals surface area contributed by atoms with Gasteiger partial charge in [-0.2, -0.15) is 0 Å². The molecule has 3 aromatic rings. The quantitative estimate of drug-likeness (QED) is 0.261. The average Bonchev–Trinajstić information content (AvgIpc) is 3.36. The molecule has 2 aromatic carbocycles. The number of nitrogens with zero attached hydrogens (tertiary/aromatic N) is 1. The molecule has 0 atom stereocenters. The van der Waals surface area contributed by atoms with Gasteiger partial charge in [0.15, 0.2) is 6.61 Å². The minimum Gasteiger partial charge on any atom is -0.497 e. The van der Waals surface area contributed by atoms with Crippen LogP contribution in [0.2, 0.25) is 5.02 Å². The summed E-state index contributed by atoms with van der Waals surface area (Å²) in [5.74, 6) is -0.790. The number of anilines is 1. The van der Waals surface area contributed by atoms with E-state index in [1.54, 1.807) is 42.6 Å². The number of hydrogen-bond donors (Lipinski definition) is 1. The standard InChI is InChI=1S/C23H21ClN2O6S/c1-3-13-26(16-6-8-17(31-2)9-7-16)33(29,30)18-10-11-20(24)19(14-18)23(28)32-15-22(27)21-5-4-12-25-21/h3-12,14,25H,1,13,15H2,2H3. The second kappa shape index (κ2) is 10.4. The van der Waals surface area contributed by atoms with E-state index < -0.39 is 28.4 Å². The zero-order chi connectivity index (χ0) is 24.0. The molecule has 0 spiro atoms. The number of methoxy groups -OCH3 is 1. The molecule has 1 aromatic heterocycles. The molecule has 0 aliphatic heterocycles. The second-order valence-electron chi connectivity index (χ2n) is 6.75. The van der Waals surface area contributed by atoms with Gasteiger partial charge in [0.25, 0.3) is 10.0 Å². The Bertz CT molecular complexity index is 1250. The zero-order valence-electron chi connectivity index (χ0n) is 17.7. The Kier molecular flexibility index (Phi) is 7.57. The van der Waals surface area contributed by atoms with Crippen LogP contribution >= 0.6 is 11.6 Å². The molecule has 0 aliphatic rings. The van der Waals surface area contributed by atoms with Crippen molar-refractivity contribution in [1.29, 1.82) is 0 Å². The summed E-state index contributed by atoms with van der Waals surface area (Å²) in [6.07, 6.45) is 3.01. The topological polar surface area (TPSA) is 106 Å². The molecule has 33 heavy (non-hydrogen) atoms. The number of rotatable bonds is 10. The highest BCUT2D eigenvalue weighted by Crippen LogP contribution is 2.28. The van der Waals surface area contributed by atoms with Gasteiger partial charge in [-0.05, 0) is 54.6 Å². The van der Waals surface area contributed by atoms with Crippen molar-refractivity contribution in [2.45, 2.75) is 4.90 Å². The maximum Gasteiger partial charge on any atom is 0.340 e. The number of ether oxygens (including phenoxy) is 2. The number of nitrogens with one attached hydrogen (secondary N) is 1. The highest BCUT2D eigenvalue weighted by molar-refractivity contribution is 7.92. The molecule has 0 radical (unpaired) electrons. The van der Waals surface area contributed by atoms with Gasteiger partial charge in [-0.15, -0.1) is 6.58 Å². The van der Waals surface area contributed by atoms with Gasteiger partial charge >= 0.3 is 5.97 Å². The van der Waals surface area contributed by atoms with Crippen LogP contribution in [0.1, 0.15) is 20.8 Å². The van der Waals surface area contributed by atoms with Gasteiger partial charge in [-0.1, -0.05) is 17.7 Å². The van der Waals surface area contributed by atoms with E-state index in [0.29, 0.717) is 11.4 Å². The SMILES string of the molecule is C=CCN(c1ccc(OC)cc1)S(=O)(=O)c1ccc(Cl)c(C(=O)OCC(=O)c2ccc[nH]2)c1. The Morgan fingerprint density at radius 3 is 2.48 bits per heavy atom. The lowest BCUT2D eigenvalue weighted by Gasteiger charge is -2.23. The Morgan fingerprint density at radius 1 is 1.15 bits per heavy atom. The van der Waals surface area contributed by atoms with E-state index in [2.05, 4.69) is 11.6 Å². The molecular formula is C23H21ClN2O6S. The van der Waals surface area contributed by atoms with Crippen molar-refractivity contribution in [3.8, 4) is 5.75 Å². The minimum absolute atomic E-state index is 0.00834. The van der Waals surface area contributed by atoms with E-state index in [1.807, 2.05) is 0 Å². The van der Waals surface area contributed by atoms with Crippen LogP contribution in [-0.2, 0) is 14.8 Å². The van der Waals surface area contributed by atoms with Crippen molar-refractivity contribution in [2.24, 2.45) is 0 Å². The number of esters is 1. The van der Waals surface area contributed by atoms with Gasteiger partial charge in [0.2, 0.25) is 5.78 Å². The van der Waals surface area contributed by atoms with E-state index in [9.17, 15) is 18.0 Å². The van der Waals surface area contributed by atoms with Gasteiger partial charge in [0, 0.05) is 6.20 Å². The molecule has 172 valence electrons. The largest absolute Gasteiger partial charge is 0.497 e. The van der Waals surface area contributed by atoms with Gasteiger partial charge in [0.1, 0.15) is 5.75 Å². The number of Topliss-reactive ketones (excluding diaryl/α,β-unsaturated/α-hetero) is 1. The average molecular weight is 489 g/mol. The lowest BCUT2D eigenvalue weighted by Crippen LogP contribution is -2.31. The van der Waals surface area contributed by atoms with Crippen LogP contribution in [0.25, 0.3) is 0 Å². The molecule has 1 N–H and O–H groups in total. The fourth-order valence-corrected chi connectivity index (χ4v) is 4.60. The Balaban J connectivity index is 1.88. The predicted octanol–water partition coefficient (Wildman–Crippen LogP) is 4.10. The number of aromatic nitrogens is 1. The Hall–Kier alpha value is -3.56. The predicted molar refractivity (Wildman–Crippen MR) is 125 cm³/mol. The van der Waals surface area contributed by atoms with Crippen molar-refractivity contribution < 1.29 is 27.5 Å². The molecule has 0 unspecified atom stereocenters. The van der Waals surface area contributed by atoms with Crippen LogP contribution in [0.4, 0.5) is 5.69 Å². The van der Waals surface area contributed by atoms with E-state index in [0.717, 1.165) is 10.4 Å². The summed E-state index contributed by atoms with van der Waals surface area (Å²) in [6, 6.07) is 13.3. The summed E-state index contributed by atoms with van der Waals surface area (Å²) in [5.41, 5.74) is 0.487. The summed E-state index contributed by atoms with van der Waals surface area (Å²) in [5, 5.41) is -0.00834. The van der Waals surface area contributed by atoms with Crippen molar-refractivity contribution in [1.82, 2.24) is 4.98 Å². The maximum absolute atomic E-state index is 13.4. The first-order valence-corrected chi connectivity index (χ1v) is 11.5. The number of halogens is 1. The normalized spacial score (nSPS) is 11.0. The molecule has 0 saturated carbocycles. The summed E-state index contributed by atoms with van der Waals surface area (Å²) in [4.78, 5) is 27.1. The van der Waals surface area contributed by atoms with Crippen molar-refractivity contribution in [2.75, 3.05) is 24.6 Å². The highest BCUT2D eigenvalue weighted by atomic mass is 35.5. The van der Waals surface area contributed by atoms with Crippen LogP contribution in [-0.4, -0.2) is 45.4 Å². The number of hydrogen-bond acceptors (Lipinski definition) is 6. The van der Waals surface area contributed by atoms with E-state index in [-0.39, 0.29) is 27.7 Å². The number of ketones is 1. The number of carbonyl (C=O) groups is 2. The second-order valence-corrected chi connectivity index (χ2v) is 9.02. The van der Waals surface area contributed by atoms with Crippen LogP contribution in [0, 0.1) is 0 Å². The van der Waals surface area contributed by atoms with Gasteiger partial charge < -0.3 is 14.5 Å². The van der Waals surface area contributed by atoms with E-state index in [4.69, 9.17) is 21.1 Å². The van der Waals surface area contributed by atoms with Crippen LogP contribution in [0.5, 0.6) is 5.75 Å². The van der Waals surface area contributed by atoms with Crippen molar-refractivity contribution in [3.63, 3.8) is 0 Å². The molecule has 0 saturated heterocycles. The summed E-state index contributed by atoms with van der Waals surface area (Å²) < 4.78 is 38.1. The third-order valence-electron chi connectivity index (χ3n) is 4.63. The smallest absolute Gasteiger partial charge is 0.340 e. The molecular weight excluding hydrogens is 468 g/mol. The van der Waals surface area contributed by atoms with Crippen LogP contribution in [0.3, 0.4) is 0 Å². The summed E-state index contributed by atoms with van der Waals surface area (Å²) in [6.45, 7) is 3.09. The molecule has 8 nitrogen and oxygen atoms in total. The molecule has 0 fully saturated rings. The summed E-state index contributed by atoms with van der Waals surface area (Å²) in [7, 11) is -2.59. The molecule has 0 amide bonds. The first kappa shape index (κ1) is 24.1. The van der Waals surface area contributed by atoms with E-state index in [1.165, 1.54) is 25.3 Å². The fourth-order valence-electron chi connectivity index (χ4n) is 2.95. The highest BCUT2D eigenvalue weighted by Gasteiger charge is 2.26. The number of carbonyl (C=O) groups excluding carboxylic acids is 2. The van der Waals surface area contributed by atoms with Crippen LogP contribution in [0.15, 0.2) is 78.3 Å². The fraction of sp³-hybridized carbons (Fsp3) is 0.130. The Labute approximate surface area is 196 Å². The number of H-pyrrole nitrogens is 1. The zero-order valence-corrected chi connectivity index (χ0v) is 19.2. The van der Waals surface area contributed by atoms with Gasteiger partial charge in [-0.3, -0.25) is 9.10 Å².